The molecule has 0 aromatic rings. The van der Waals surface area contributed by atoms with Crippen molar-refractivity contribution >= 4 is 5.97 Å². The van der Waals surface area contributed by atoms with Gasteiger partial charge in [0.15, 0.2) is 6.54 Å². The molecule has 0 radical (unpaired) electrons. The van der Waals surface area contributed by atoms with E-state index in [9.17, 15) is 4.79 Å². The Labute approximate surface area is 112 Å². The Bertz CT molecular complexity index is 281. The maximum absolute atomic E-state index is 12.0. The number of hydrogen-bond donors (Lipinski definition) is 0. The fourth-order valence-electron chi connectivity index (χ4n) is 2.84. The Morgan fingerprint density at radius 1 is 1.28 bits per heavy atom. The summed E-state index contributed by atoms with van der Waals surface area (Å²) in [5.41, 5.74) is 0. The van der Waals surface area contributed by atoms with E-state index in [4.69, 9.17) is 4.74 Å². The van der Waals surface area contributed by atoms with Crippen LogP contribution in [0.5, 0.6) is 0 Å². The zero-order chi connectivity index (χ0) is 13.9. The Kier molecular flexibility index (Phi) is 5.20. The van der Waals surface area contributed by atoms with E-state index in [1.165, 1.54) is 12.8 Å². The highest BCUT2D eigenvalue weighted by Crippen LogP contribution is 2.35. The Balaban J connectivity index is 2.58. The molecule has 1 saturated carbocycles. The molecule has 0 aliphatic heterocycles. The van der Waals surface area contributed by atoms with Crippen LogP contribution < -0.4 is 0 Å². The van der Waals surface area contributed by atoms with Crippen molar-refractivity contribution in [1.29, 1.82) is 0 Å². The van der Waals surface area contributed by atoms with Crippen LogP contribution in [-0.2, 0) is 9.53 Å². The highest BCUT2D eigenvalue weighted by atomic mass is 16.5. The van der Waals surface area contributed by atoms with E-state index in [-0.39, 0.29) is 12.1 Å². The van der Waals surface area contributed by atoms with E-state index in [0.717, 1.165) is 6.42 Å². The number of likely N-dealkylation sites (N-methyl/N-ethyl adjacent to an activating group) is 1. The van der Waals surface area contributed by atoms with Crippen molar-refractivity contribution in [1.82, 2.24) is 0 Å². The van der Waals surface area contributed by atoms with Crippen LogP contribution in [0, 0.1) is 17.8 Å². The molecule has 3 atom stereocenters. The van der Waals surface area contributed by atoms with Gasteiger partial charge in [-0.1, -0.05) is 27.2 Å². The van der Waals surface area contributed by atoms with Crippen molar-refractivity contribution < 1.29 is 14.0 Å². The first-order valence-corrected chi connectivity index (χ1v) is 7.19. The van der Waals surface area contributed by atoms with Gasteiger partial charge in [-0.25, -0.2) is 4.79 Å². The summed E-state index contributed by atoms with van der Waals surface area (Å²) in [5, 5.41) is 0. The molecule has 0 saturated heterocycles. The Morgan fingerprint density at radius 2 is 1.89 bits per heavy atom. The van der Waals surface area contributed by atoms with Crippen molar-refractivity contribution in [2.75, 3.05) is 27.7 Å². The molecule has 1 aliphatic carbocycles. The van der Waals surface area contributed by atoms with Gasteiger partial charge in [0.25, 0.3) is 0 Å². The smallest absolute Gasteiger partial charge is 0.362 e. The maximum atomic E-state index is 12.0. The number of nitrogens with zero attached hydrogens (tertiary/aromatic N) is 1. The summed E-state index contributed by atoms with van der Waals surface area (Å²) in [6.07, 6.45) is 3.63. The van der Waals surface area contributed by atoms with Crippen molar-refractivity contribution in [3.05, 3.63) is 0 Å². The SMILES string of the molecule is CC(C)[C@@H]1CC[C@@H](C)C[C@H]1OC(=O)C[N+](C)(C)C. The maximum Gasteiger partial charge on any atom is 0.362 e. The second-order valence-corrected chi connectivity index (χ2v) is 7.30. The number of hydrogen-bond acceptors (Lipinski definition) is 2. The average molecular weight is 256 g/mol. The van der Waals surface area contributed by atoms with Crippen LogP contribution in [0.15, 0.2) is 0 Å². The van der Waals surface area contributed by atoms with Crippen LogP contribution in [0.4, 0.5) is 0 Å². The van der Waals surface area contributed by atoms with Crippen LogP contribution in [0.2, 0.25) is 0 Å². The number of rotatable bonds is 4. The lowest BCUT2D eigenvalue weighted by Crippen LogP contribution is -2.43. The van der Waals surface area contributed by atoms with Crippen molar-refractivity contribution in [2.24, 2.45) is 17.8 Å². The summed E-state index contributed by atoms with van der Waals surface area (Å²) in [6, 6.07) is 0. The van der Waals surface area contributed by atoms with Gasteiger partial charge in [-0.05, 0) is 30.6 Å². The monoisotopic (exact) mass is 256 g/mol. The molecule has 0 unspecified atom stereocenters. The number of carbonyl (C=O) groups excluding carboxylic acids is 1. The summed E-state index contributed by atoms with van der Waals surface area (Å²) in [5.74, 6) is 1.77. The van der Waals surface area contributed by atoms with E-state index in [2.05, 4.69) is 20.8 Å². The number of ether oxygens (including phenoxy) is 1. The van der Waals surface area contributed by atoms with Gasteiger partial charge in [-0.3, -0.25) is 0 Å². The average Bonchev–Trinajstić information content (AvgIpc) is 2.13. The van der Waals surface area contributed by atoms with Gasteiger partial charge in [0.1, 0.15) is 6.10 Å². The minimum Gasteiger partial charge on any atom is -0.458 e. The quantitative estimate of drug-likeness (QED) is 0.571. The van der Waals surface area contributed by atoms with Crippen LogP contribution in [-0.4, -0.2) is 44.2 Å². The number of carbonyl (C=O) groups is 1. The lowest BCUT2D eigenvalue weighted by molar-refractivity contribution is -0.862. The highest BCUT2D eigenvalue weighted by Gasteiger charge is 2.34. The normalized spacial score (nSPS) is 29.4. The first-order chi connectivity index (χ1) is 8.19. The van der Waals surface area contributed by atoms with Crippen LogP contribution in [0.3, 0.4) is 0 Å². The third-order valence-electron chi connectivity index (χ3n) is 3.85. The van der Waals surface area contributed by atoms with E-state index < -0.39 is 0 Å². The third kappa shape index (κ3) is 4.97. The van der Waals surface area contributed by atoms with E-state index >= 15 is 0 Å². The minimum absolute atomic E-state index is 0.0488. The van der Waals surface area contributed by atoms with E-state index in [0.29, 0.717) is 28.8 Å². The summed E-state index contributed by atoms with van der Waals surface area (Å²) in [4.78, 5) is 12.0. The lowest BCUT2D eigenvalue weighted by atomic mass is 9.75. The van der Waals surface area contributed by atoms with Crippen molar-refractivity contribution in [3.63, 3.8) is 0 Å². The topological polar surface area (TPSA) is 26.3 Å². The fraction of sp³-hybridized carbons (Fsp3) is 0.933. The second-order valence-electron chi connectivity index (χ2n) is 7.30. The van der Waals surface area contributed by atoms with Crippen LogP contribution >= 0.6 is 0 Å². The molecular formula is C15H30NO2+. The lowest BCUT2D eigenvalue weighted by Gasteiger charge is -2.37. The molecule has 3 heteroatoms. The molecule has 106 valence electrons. The highest BCUT2D eigenvalue weighted by molar-refractivity contribution is 5.70. The van der Waals surface area contributed by atoms with E-state index in [1.807, 2.05) is 21.1 Å². The van der Waals surface area contributed by atoms with Gasteiger partial charge >= 0.3 is 5.97 Å². The Hall–Kier alpha value is -0.570. The molecule has 0 bridgehead atoms. The molecule has 0 amide bonds. The molecular weight excluding hydrogens is 226 g/mol. The van der Waals surface area contributed by atoms with Crippen LogP contribution in [0.25, 0.3) is 0 Å². The molecule has 0 aromatic carbocycles. The van der Waals surface area contributed by atoms with Crippen LogP contribution in [0.1, 0.15) is 40.0 Å². The van der Waals surface area contributed by atoms with Gasteiger partial charge in [0.05, 0.1) is 21.1 Å². The molecule has 1 fully saturated rings. The predicted octanol–water partition coefficient (Wildman–Crippen LogP) is 2.70. The molecule has 0 N–H and O–H groups in total. The summed E-state index contributed by atoms with van der Waals surface area (Å²) in [7, 11) is 6.06. The first-order valence-electron chi connectivity index (χ1n) is 7.19. The Morgan fingerprint density at radius 3 is 2.39 bits per heavy atom. The summed E-state index contributed by atoms with van der Waals surface area (Å²) < 4.78 is 6.39. The van der Waals surface area contributed by atoms with Crippen molar-refractivity contribution in [3.8, 4) is 0 Å². The molecule has 1 aliphatic rings. The van der Waals surface area contributed by atoms with Gasteiger partial charge in [-0.2, -0.15) is 0 Å². The zero-order valence-electron chi connectivity index (χ0n) is 12.9. The first kappa shape index (κ1) is 15.5. The van der Waals surface area contributed by atoms with Gasteiger partial charge in [0.2, 0.25) is 0 Å². The summed E-state index contributed by atoms with van der Waals surface area (Å²) >= 11 is 0. The van der Waals surface area contributed by atoms with E-state index in [1.54, 1.807) is 0 Å². The van der Waals surface area contributed by atoms with Gasteiger partial charge < -0.3 is 9.22 Å². The standard InChI is InChI=1S/C15H30NO2/c1-11(2)13-8-7-12(3)9-14(13)18-15(17)10-16(4,5)6/h11-14H,7-10H2,1-6H3/q+1/t12-,13+,14-/m1/s1. The molecule has 0 spiro atoms. The zero-order valence-corrected chi connectivity index (χ0v) is 12.9. The minimum atomic E-state index is -0.0488. The fourth-order valence-corrected chi connectivity index (χ4v) is 2.84. The number of quaternary nitrogens is 1. The largest absolute Gasteiger partial charge is 0.458 e. The van der Waals surface area contributed by atoms with Gasteiger partial charge in [-0.15, -0.1) is 0 Å². The van der Waals surface area contributed by atoms with Crippen molar-refractivity contribution in [2.45, 2.75) is 46.1 Å². The molecule has 3 nitrogen and oxygen atoms in total. The third-order valence-corrected chi connectivity index (χ3v) is 3.85. The van der Waals surface area contributed by atoms with Gasteiger partial charge in [0, 0.05) is 0 Å². The molecule has 0 aromatic heterocycles. The molecule has 0 heterocycles. The second kappa shape index (κ2) is 6.05. The predicted molar refractivity (Wildman–Crippen MR) is 74.1 cm³/mol. The molecule has 1 rings (SSSR count). The summed E-state index contributed by atoms with van der Waals surface area (Å²) in [6.45, 7) is 7.19. The molecule has 18 heavy (non-hydrogen) atoms. The number of esters is 1.